The minimum atomic E-state index is -0.429. The van der Waals surface area contributed by atoms with Gasteiger partial charge in [0.05, 0.1) is 24.4 Å². The predicted octanol–water partition coefficient (Wildman–Crippen LogP) is 3.88. The largest absolute Gasteiger partial charge is 0.465 e. The van der Waals surface area contributed by atoms with Crippen molar-refractivity contribution in [3.63, 3.8) is 0 Å². The molecule has 2 rings (SSSR count). The summed E-state index contributed by atoms with van der Waals surface area (Å²) in [5, 5.41) is 0. The highest BCUT2D eigenvalue weighted by Crippen LogP contribution is 2.21. The number of nitrogens with zero attached hydrogens (tertiary/aromatic N) is 1. The molecule has 2 aromatic rings. The molecule has 0 fully saturated rings. The molecule has 0 radical (unpaired) electrons. The van der Waals surface area contributed by atoms with E-state index >= 15 is 0 Å². The van der Waals surface area contributed by atoms with Crippen molar-refractivity contribution in [2.45, 2.75) is 33.4 Å². The fourth-order valence-electron chi connectivity index (χ4n) is 2.83. The lowest BCUT2D eigenvalue weighted by Crippen LogP contribution is -2.36. The Hall–Kier alpha value is -1.92. The van der Waals surface area contributed by atoms with Crippen LogP contribution in [0.25, 0.3) is 0 Å². The van der Waals surface area contributed by atoms with Crippen LogP contribution in [0.3, 0.4) is 0 Å². The zero-order chi connectivity index (χ0) is 18.7. The molecule has 0 aliphatic rings. The highest BCUT2D eigenvalue weighted by atomic mass is 79.9. The molecule has 0 saturated carbocycles. The van der Waals surface area contributed by atoms with Gasteiger partial charge in [-0.1, -0.05) is 28.1 Å². The van der Waals surface area contributed by atoms with E-state index in [-0.39, 0.29) is 11.8 Å². The van der Waals surface area contributed by atoms with Crippen LogP contribution in [0.2, 0.25) is 0 Å². The van der Waals surface area contributed by atoms with Crippen LogP contribution < -0.4 is 0 Å². The maximum absolute atomic E-state index is 12.9. The van der Waals surface area contributed by atoms with Crippen molar-refractivity contribution < 1.29 is 14.3 Å². The maximum atomic E-state index is 12.9. The zero-order valence-electron chi connectivity index (χ0n) is 15.1. The summed E-state index contributed by atoms with van der Waals surface area (Å²) in [5.74, 6) is -0.475. The van der Waals surface area contributed by atoms with E-state index < -0.39 is 5.97 Å². The van der Waals surface area contributed by atoms with E-state index in [4.69, 9.17) is 4.74 Å². The lowest BCUT2D eigenvalue weighted by Gasteiger charge is -2.23. The third-order valence-electron chi connectivity index (χ3n) is 4.46. The zero-order valence-corrected chi connectivity index (χ0v) is 16.7. The fraction of sp³-hybridized carbons (Fsp3) is 0.368. The summed E-state index contributed by atoms with van der Waals surface area (Å²) in [5.41, 5.74) is 3.32. The SMILES string of the molecule is COC(=O)c1c(C)[nH]c(C(=O)[C@H](C)N(C)Cc2ccc(Br)cc2)c1C. The number of ether oxygens (including phenoxy) is 1. The Bertz CT molecular complexity index is 781. The van der Waals surface area contributed by atoms with Gasteiger partial charge < -0.3 is 9.72 Å². The van der Waals surface area contributed by atoms with Gasteiger partial charge >= 0.3 is 5.97 Å². The van der Waals surface area contributed by atoms with E-state index in [2.05, 4.69) is 20.9 Å². The van der Waals surface area contributed by atoms with Gasteiger partial charge in [-0.2, -0.15) is 0 Å². The summed E-state index contributed by atoms with van der Waals surface area (Å²) >= 11 is 3.42. The second kappa shape index (κ2) is 7.97. The number of Topliss-reactive ketones (excluding diaryl/α,β-unsaturated/α-hetero) is 1. The number of likely N-dealkylation sites (N-methyl/N-ethyl adjacent to an activating group) is 1. The molecule has 0 aliphatic carbocycles. The van der Waals surface area contributed by atoms with E-state index in [1.54, 1.807) is 13.8 Å². The molecular formula is C19H23BrN2O3. The van der Waals surface area contributed by atoms with E-state index in [1.807, 2.05) is 43.1 Å². The highest BCUT2D eigenvalue weighted by molar-refractivity contribution is 9.10. The third kappa shape index (κ3) is 4.19. The normalized spacial score (nSPS) is 12.3. The highest BCUT2D eigenvalue weighted by Gasteiger charge is 2.27. The topological polar surface area (TPSA) is 62.4 Å². The van der Waals surface area contributed by atoms with Crippen molar-refractivity contribution in [2.75, 3.05) is 14.2 Å². The van der Waals surface area contributed by atoms with Gasteiger partial charge in [-0.25, -0.2) is 4.79 Å². The number of hydrogen-bond donors (Lipinski definition) is 1. The number of carbonyl (C=O) groups is 2. The van der Waals surface area contributed by atoms with Crippen molar-refractivity contribution in [1.82, 2.24) is 9.88 Å². The van der Waals surface area contributed by atoms with Crippen molar-refractivity contribution in [3.8, 4) is 0 Å². The monoisotopic (exact) mass is 406 g/mol. The van der Waals surface area contributed by atoms with Crippen LogP contribution >= 0.6 is 15.9 Å². The molecule has 1 atom stereocenters. The summed E-state index contributed by atoms with van der Waals surface area (Å²) in [6.45, 7) is 6.06. The number of esters is 1. The molecule has 0 unspecified atom stereocenters. The molecule has 0 saturated heterocycles. The van der Waals surface area contributed by atoms with Gasteiger partial charge in [0, 0.05) is 16.7 Å². The second-order valence-corrected chi connectivity index (χ2v) is 7.11. The van der Waals surface area contributed by atoms with Gasteiger partial charge in [-0.3, -0.25) is 9.69 Å². The Kier molecular flexibility index (Phi) is 6.19. The van der Waals surface area contributed by atoms with Crippen LogP contribution in [0.5, 0.6) is 0 Å². The number of H-pyrrole nitrogens is 1. The van der Waals surface area contributed by atoms with E-state index in [0.717, 1.165) is 10.0 Å². The number of methoxy groups -OCH3 is 1. The Morgan fingerprint density at radius 2 is 1.84 bits per heavy atom. The summed E-state index contributed by atoms with van der Waals surface area (Å²) in [4.78, 5) is 29.8. The molecule has 1 aromatic carbocycles. The molecule has 0 spiro atoms. The Balaban J connectivity index is 2.19. The molecule has 25 heavy (non-hydrogen) atoms. The van der Waals surface area contributed by atoms with E-state index in [0.29, 0.717) is 29.1 Å². The molecule has 0 aliphatic heterocycles. The van der Waals surface area contributed by atoms with Gasteiger partial charge in [0.2, 0.25) is 0 Å². The number of rotatable bonds is 6. The van der Waals surface area contributed by atoms with Gasteiger partial charge in [-0.05, 0) is 51.1 Å². The molecule has 1 N–H and O–H groups in total. The summed E-state index contributed by atoms with van der Waals surface area (Å²) in [6, 6.07) is 7.69. The lowest BCUT2D eigenvalue weighted by atomic mass is 10.0. The van der Waals surface area contributed by atoms with Gasteiger partial charge in [-0.15, -0.1) is 0 Å². The lowest BCUT2D eigenvalue weighted by molar-refractivity contribution is 0.0599. The molecule has 1 aromatic heterocycles. The molecule has 6 heteroatoms. The minimum absolute atomic E-state index is 0.0460. The predicted molar refractivity (Wildman–Crippen MR) is 101 cm³/mol. The number of benzene rings is 1. The molecule has 0 bridgehead atoms. The summed E-state index contributed by atoms with van der Waals surface area (Å²) < 4.78 is 5.83. The van der Waals surface area contributed by atoms with Gasteiger partial charge in [0.15, 0.2) is 5.78 Å². The first kappa shape index (κ1) is 19.4. The smallest absolute Gasteiger partial charge is 0.339 e. The Morgan fingerprint density at radius 3 is 2.40 bits per heavy atom. The number of aromatic amines is 1. The van der Waals surface area contributed by atoms with Gasteiger partial charge in [0.25, 0.3) is 0 Å². The number of aromatic nitrogens is 1. The first-order valence-electron chi connectivity index (χ1n) is 8.02. The number of halogens is 1. The second-order valence-electron chi connectivity index (χ2n) is 6.20. The first-order chi connectivity index (χ1) is 11.8. The fourth-order valence-corrected chi connectivity index (χ4v) is 3.09. The van der Waals surface area contributed by atoms with Crippen LogP contribution in [0, 0.1) is 13.8 Å². The summed E-state index contributed by atoms with van der Waals surface area (Å²) in [7, 11) is 3.25. The average Bonchev–Trinajstić information content (AvgIpc) is 2.89. The van der Waals surface area contributed by atoms with Crippen molar-refractivity contribution >= 4 is 27.7 Å². The maximum Gasteiger partial charge on any atom is 0.339 e. The number of carbonyl (C=O) groups excluding carboxylic acids is 2. The van der Waals surface area contributed by atoms with E-state index in [1.165, 1.54) is 7.11 Å². The van der Waals surface area contributed by atoms with Crippen molar-refractivity contribution in [2.24, 2.45) is 0 Å². The molecule has 0 amide bonds. The van der Waals surface area contributed by atoms with Crippen LogP contribution in [-0.4, -0.2) is 41.8 Å². The molecule has 1 heterocycles. The minimum Gasteiger partial charge on any atom is -0.465 e. The number of nitrogens with one attached hydrogen (secondary N) is 1. The van der Waals surface area contributed by atoms with Crippen molar-refractivity contribution in [3.05, 3.63) is 56.8 Å². The standard InChI is InChI=1S/C19H23BrN2O3/c1-11-16(19(24)25-5)12(2)21-17(11)18(23)13(3)22(4)10-14-6-8-15(20)9-7-14/h6-9,13,21H,10H2,1-5H3/t13-/m0/s1. The van der Waals surface area contributed by atoms with Crippen LogP contribution in [0.4, 0.5) is 0 Å². The van der Waals surface area contributed by atoms with Gasteiger partial charge in [0.1, 0.15) is 0 Å². The first-order valence-corrected chi connectivity index (χ1v) is 8.82. The van der Waals surface area contributed by atoms with Crippen LogP contribution in [-0.2, 0) is 11.3 Å². The van der Waals surface area contributed by atoms with Crippen LogP contribution in [0.15, 0.2) is 28.7 Å². The van der Waals surface area contributed by atoms with E-state index in [9.17, 15) is 9.59 Å². The quantitative estimate of drug-likeness (QED) is 0.583. The number of aryl methyl sites for hydroxylation is 1. The molecular weight excluding hydrogens is 384 g/mol. The van der Waals surface area contributed by atoms with Crippen molar-refractivity contribution in [1.29, 1.82) is 0 Å². The summed E-state index contributed by atoms with van der Waals surface area (Å²) in [6.07, 6.45) is 0. The molecule has 5 nitrogen and oxygen atoms in total. The Labute approximate surface area is 156 Å². The number of ketones is 1. The Morgan fingerprint density at radius 1 is 1.24 bits per heavy atom. The van der Waals surface area contributed by atoms with Crippen LogP contribution in [0.1, 0.15) is 44.6 Å². The molecule has 134 valence electrons. The third-order valence-corrected chi connectivity index (χ3v) is 4.99. The number of hydrogen-bond acceptors (Lipinski definition) is 4. The average molecular weight is 407 g/mol.